The van der Waals surface area contributed by atoms with Crippen molar-refractivity contribution in [3.05, 3.63) is 59.4 Å². The maximum Gasteiger partial charge on any atom is 0.507 e. The minimum atomic E-state index is -4.89. The molecule has 0 amide bonds. The number of benzene rings is 2. The first-order valence-corrected chi connectivity index (χ1v) is 7.69. The molecule has 1 heterocycles. The molecule has 0 atom stereocenters. The molecule has 2 aromatic carbocycles. The highest BCUT2D eigenvalue weighted by molar-refractivity contribution is 6.02. The third kappa shape index (κ3) is 3.76. The summed E-state index contributed by atoms with van der Waals surface area (Å²) in [5.41, 5.74) is -0.0303. The van der Waals surface area contributed by atoms with Gasteiger partial charge in [0.2, 0.25) is 0 Å². The lowest BCUT2D eigenvalue weighted by molar-refractivity contribution is -0.391. The van der Waals surface area contributed by atoms with Crippen LogP contribution in [-0.4, -0.2) is 23.8 Å². The Kier molecular flexibility index (Phi) is 4.63. The molecular weight excluding hydrogens is 375 g/mol. The Labute approximate surface area is 149 Å². The first-order chi connectivity index (χ1) is 12.6. The number of hydrogen-bond donors (Lipinski definition) is 0. The zero-order chi connectivity index (χ0) is 19.8. The second-order valence-electron chi connectivity index (χ2n) is 5.76. The van der Waals surface area contributed by atoms with Crippen LogP contribution < -0.4 is 9.47 Å². The van der Waals surface area contributed by atoms with Crippen molar-refractivity contribution in [1.29, 1.82) is 0 Å². The Hall–Kier alpha value is -2.97. The molecule has 0 fully saturated rings. The van der Waals surface area contributed by atoms with E-state index in [0.29, 0.717) is 0 Å². The molecule has 0 aromatic heterocycles. The zero-order valence-electron chi connectivity index (χ0n) is 13.5. The molecular formula is C18H11F5O4. The van der Waals surface area contributed by atoms with Crippen molar-refractivity contribution < 1.29 is 41.0 Å². The van der Waals surface area contributed by atoms with Crippen molar-refractivity contribution in [3.63, 3.8) is 0 Å². The van der Waals surface area contributed by atoms with Crippen molar-refractivity contribution in [1.82, 2.24) is 0 Å². The maximum absolute atomic E-state index is 13.2. The van der Waals surface area contributed by atoms with Crippen LogP contribution in [0, 0.1) is 5.82 Å². The van der Waals surface area contributed by atoms with E-state index in [4.69, 9.17) is 0 Å². The van der Waals surface area contributed by atoms with Crippen molar-refractivity contribution in [2.24, 2.45) is 0 Å². The molecule has 4 nitrogen and oxygen atoms in total. The summed E-state index contributed by atoms with van der Waals surface area (Å²) in [6, 6.07) is 7.77. The van der Waals surface area contributed by atoms with Crippen LogP contribution in [0.2, 0.25) is 0 Å². The van der Waals surface area contributed by atoms with Gasteiger partial charge >= 0.3 is 12.2 Å². The first-order valence-electron chi connectivity index (χ1n) is 7.69. The smallest absolute Gasteiger partial charge is 0.421 e. The lowest BCUT2D eigenvalue weighted by Gasteiger charge is -2.31. The highest BCUT2D eigenvalue weighted by Crippen LogP contribution is 2.47. The number of carbonyl (C=O) groups is 2. The number of alkyl halides is 4. The summed E-state index contributed by atoms with van der Waals surface area (Å²) < 4.78 is 73.6. The maximum atomic E-state index is 13.2. The second kappa shape index (κ2) is 6.64. The molecule has 3 rings (SSSR count). The third-order valence-electron chi connectivity index (χ3n) is 3.81. The van der Waals surface area contributed by atoms with Gasteiger partial charge in [0.05, 0.1) is 0 Å². The first kappa shape index (κ1) is 18.8. The summed E-state index contributed by atoms with van der Waals surface area (Å²) in [7, 11) is 0. The van der Waals surface area contributed by atoms with Crippen LogP contribution >= 0.6 is 0 Å². The minimum Gasteiger partial charge on any atom is -0.421 e. The molecule has 0 saturated heterocycles. The molecule has 142 valence electrons. The molecule has 9 heteroatoms. The molecule has 1 aliphatic heterocycles. The number of Topliss-reactive ketones (excluding diaryl/α,β-unsaturated/α-hetero) is 2. The number of ether oxygens (including phenoxy) is 2. The Balaban J connectivity index is 1.71. The fraction of sp³-hybridized carbons (Fsp3) is 0.222. The van der Waals surface area contributed by atoms with E-state index < -0.39 is 41.1 Å². The standard InChI is InChI=1S/C18H11F5O4/c19-12-3-1-2-10(8-12)13(24)5-6-14(25)11-4-7-15-16(9-11)27-18(22,23)17(20,21)26-15/h1-4,7-9H,5-6H2. The largest absolute Gasteiger partial charge is 0.507 e. The number of carbonyl (C=O) groups excluding carboxylic acids is 2. The van der Waals surface area contributed by atoms with Crippen LogP contribution in [0.1, 0.15) is 33.6 Å². The average Bonchev–Trinajstić information content (AvgIpc) is 2.59. The van der Waals surface area contributed by atoms with Crippen molar-refractivity contribution in [3.8, 4) is 11.5 Å². The Morgan fingerprint density at radius 2 is 1.33 bits per heavy atom. The van der Waals surface area contributed by atoms with Crippen LogP contribution in [0.5, 0.6) is 11.5 Å². The van der Waals surface area contributed by atoms with Gasteiger partial charge in [-0.1, -0.05) is 12.1 Å². The van der Waals surface area contributed by atoms with E-state index in [1.165, 1.54) is 12.1 Å². The number of ketones is 2. The van der Waals surface area contributed by atoms with E-state index in [9.17, 15) is 31.5 Å². The average molecular weight is 386 g/mol. The van der Waals surface area contributed by atoms with Gasteiger partial charge in [-0.05, 0) is 30.3 Å². The quantitative estimate of drug-likeness (QED) is 0.556. The van der Waals surface area contributed by atoms with Gasteiger partial charge in [-0.15, -0.1) is 0 Å². The topological polar surface area (TPSA) is 52.6 Å². The summed E-state index contributed by atoms with van der Waals surface area (Å²) in [6.45, 7) is 0. The van der Waals surface area contributed by atoms with Gasteiger partial charge in [0.15, 0.2) is 23.1 Å². The Morgan fingerprint density at radius 3 is 1.93 bits per heavy atom. The third-order valence-corrected chi connectivity index (χ3v) is 3.81. The summed E-state index contributed by atoms with van der Waals surface area (Å²) in [5.74, 6) is -3.04. The molecule has 1 aliphatic rings. The van der Waals surface area contributed by atoms with Crippen LogP contribution in [0.15, 0.2) is 42.5 Å². The van der Waals surface area contributed by atoms with Crippen molar-refractivity contribution >= 4 is 11.6 Å². The number of halogens is 5. The molecule has 0 spiro atoms. The van der Waals surface area contributed by atoms with E-state index >= 15 is 0 Å². The van der Waals surface area contributed by atoms with Gasteiger partial charge < -0.3 is 9.47 Å². The summed E-state index contributed by atoms with van der Waals surface area (Å²) in [4.78, 5) is 24.1. The lowest BCUT2D eigenvalue weighted by atomic mass is 10.0. The van der Waals surface area contributed by atoms with Crippen molar-refractivity contribution in [2.45, 2.75) is 25.1 Å². The van der Waals surface area contributed by atoms with Crippen LogP contribution in [0.4, 0.5) is 22.0 Å². The SMILES string of the molecule is O=C(CCC(=O)c1ccc2c(c1)OC(F)(F)C(F)(F)O2)c1cccc(F)c1. The summed E-state index contributed by atoms with van der Waals surface area (Å²) in [6.07, 6.45) is -10.3. The van der Waals surface area contributed by atoms with Gasteiger partial charge in [0, 0.05) is 24.0 Å². The summed E-state index contributed by atoms with van der Waals surface area (Å²) in [5, 5.41) is 0. The van der Waals surface area contributed by atoms with Gasteiger partial charge in [-0.3, -0.25) is 9.59 Å². The van der Waals surface area contributed by atoms with Crippen molar-refractivity contribution in [2.75, 3.05) is 0 Å². The molecule has 0 radical (unpaired) electrons. The van der Waals surface area contributed by atoms with Gasteiger partial charge in [0.1, 0.15) is 5.82 Å². The molecule has 27 heavy (non-hydrogen) atoms. The van der Waals surface area contributed by atoms with Crippen LogP contribution in [-0.2, 0) is 0 Å². The van der Waals surface area contributed by atoms with E-state index in [0.717, 1.165) is 30.3 Å². The second-order valence-corrected chi connectivity index (χ2v) is 5.76. The monoisotopic (exact) mass is 386 g/mol. The highest BCUT2D eigenvalue weighted by atomic mass is 19.3. The molecule has 0 N–H and O–H groups in total. The molecule has 0 saturated carbocycles. The van der Waals surface area contributed by atoms with Gasteiger partial charge in [0.25, 0.3) is 0 Å². The predicted octanol–water partition coefficient (Wildman–Crippen LogP) is 4.63. The number of fused-ring (bicyclic) bond motifs is 1. The zero-order valence-corrected chi connectivity index (χ0v) is 13.5. The number of rotatable bonds is 5. The van der Waals surface area contributed by atoms with E-state index in [1.54, 1.807) is 0 Å². The van der Waals surface area contributed by atoms with E-state index in [2.05, 4.69) is 9.47 Å². The minimum absolute atomic E-state index is 0.0897. The fourth-order valence-electron chi connectivity index (χ4n) is 2.42. The highest BCUT2D eigenvalue weighted by Gasteiger charge is 2.65. The summed E-state index contributed by atoms with van der Waals surface area (Å²) >= 11 is 0. The normalized spacial score (nSPS) is 16.6. The Bertz CT molecular complexity index is 910. The predicted molar refractivity (Wildman–Crippen MR) is 81.9 cm³/mol. The Morgan fingerprint density at radius 1 is 0.778 bits per heavy atom. The molecule has 2 aromatic rings. The lowest BCUT2D eigenvalue weighted by Crippen LogP contribution is -2.52. The van der Waals surface area contributed by atoms with Crippen LogP contribution in [0.25, 0.3) is 0 Å². The van der Waals surface area contributed by atoms with E-state index in [-0.39, 0.29) is 24.0 Å². The molecule has 0 aliphatic carbocycles. The van der Waals surface area contributed by atoms with E-state index in [1.807, 2.05) is 0 Å². The number of hydrogen-bond acceptors (Lipinski definition) is 4. The van der Waals surface area contributed by atoms with Gasteiger partial charge in [-0.25, -0.2) is 4.39 Å². The van der Waals surface area contributed by atoms with Gasteiger partial charge in [-0.2, -0.15) is 17.6 Å². The molecule has 0 unspecified atom stereocenters. The fourth-order valence-corrected chi connectivity index (χ4v) is 2.42. The van der Waals surface area contributed by atoms with Crippen LogP contribution in [0.3, 0.4) is 0 Å². The molecule has 0 bridgehead atoms.